The molecule has 0 bridgehead atoms. The van der Waals surface area contributed by atoms with Gasteiger partial charge in [0.1, 0.15) is 6.04 Å². The fraction of sp³-hybridized carbons (Fsp3) is 0.583. The SMILES string of the molecule is CCOC(=O)C(CCc1ccccc1)N[C@@H](C)C(=O)N1N=C(C2CCCCC2)SC1C(=O)O. The highest BCUT2D eigenvalue weighted by molar-refractivity contribution is 8.15. The molecular formula is C24H33N3O5S. The van der Waals surface area contributed by atoms with Crippen molar-refractivity contribution < 1.29 is 24.2 Å². The summed E-state index contributed by atoms with van der Waals surface area (Å²) in [5.74, 6) is -1.77. The molecule has 1 aliphatic carbocycles. The van der Waals surface area contributed by atoms with E-state index in [1.807, 2.05) is 30.3 Å². The van der Waals surface area contributed by atoms with E-state index < -0.39 is 35.3 Å². The lowest BCUT2D eigenvalue weighted by Crippen LogP contribution is -2.52. The molecule has 1 heterocycles. The zero-order valence-electron chi connectivity index (χ0n) is 19.2. The third-order valence-electron chi connectivity index (χ3n) is 6.01. The number of benzene rings is 1. The Hall–Kier alpha value is -2.39. The molecule has 1 aromatic rings. The largest absolute Gasteiger partial charge is 0.479 e. The summed E-state index contributed by atoms with van der Waals surface area (Å²) < 4.78 is 5.20. The predicted octanol–water partition coefficient (Wildman–Crippen LogP) is 3.41. The number of aryl methyl sites for hydroxylation is 1. The second kappa shape index (κ2) is 12.2. The maximum atomic E-state index is 13.2. The van der Waals surface area contributed by atoms with Gasteiger partial charge in [0.15, 0.2) is 0 Å². The summed E-state index contributed by atoms with van der Waals surface area (Å²) in [5.41, 5.74) is 1.08. The van der Waals surface area contributed by atoms with Crippen molar-refractivity contribution in [2.24, 2.45) is 11.0 Å². The van der Waals surface area contributed by atoms with Crippen LogP contribution < -0.4 is 5.32 Å². The van der Waals surface area contributed by atoms with E-state index >= 15 is 0 Å². The number of hydrogen-bond donors (Lipinski definition) is 2. The summed E-state index contributed by atoms with van der Waals surface area (Å²) in [6.45, 7) is 3.61. The number of nitrogens with zero attached hydrogens (tertiary/aromatic N) is 2. The number of nitrogens with one attached hydrogen (secondary N) is 1. The van der Waals surface area contributed by atoms with Gasteiger partial charge in [0, 0.05) is 5.92 Å². The van der Waals surface area contributed by atoms with Crippen molar-refractivity contribution in [2.45, 2.75) is 76.3 Å². The van der Waals surface area contributed by atoms with E-state index in [-0.39, 0.29) is 12.5 Å². The molecule has 33 heavy (non-hydrogen) atoms. The Kier molecular flexibility index (Phi) is 9.31. The number of aliphatic carboxylic acids is 1. The first kappa shape index (κ1) is 25.2. The van der Waals surface area contributed by atoms with Crippen LogP contribution in [-0.2, 0) is 25.5 Å². The molecule has 0 aromatic heterocycles. The number of carbonyl (C=O) groups is 3. The quantitative estimate of drug-likeness (QED) is 0.499. The summed E-state index contributed by atoms with van der Waals surface area (Å²) >= 11 is 1.16. The van der Waals surface area contributed by atoms with Crippen molar-refractivity contribution in [1.82, 2.24) is 10.3 Å². The smallest absolute Gasteiger partial charge is 0.339 e. The van der Waals surface area contributed by atoms with Gasteiger partial charge in [-0.05, 0) is 45.1 Å². The lowest BCUT2D eigenvalue weighted by Gasteiger charge is -2.25. The molecule has 9 heteroatoms. The second-order valence-corrected chi connectivity index (χ2v) is 9.58. The number of carboxylic acid groups (broad SMARTS) is 1. The van der Waals surface area contributed by atoms with Crippen LogP contribution in [0.1, 0.15) is 57.9 Å². The number of hydrogen-bond acceptors (Lipinski definition) is 7. The third kappa shape index (κ3) is 6.80. The maximum Gasteiger partial charge on any atom is 0.339 e. The molecule has 1 fully saturated rings. The lowest BCUT2D eigenvalue weighted by molar-refractivity contribution is -0.149. The average molecular weight is 476 g/mol. The van der Waals surface area contributed by atoms with Gasteiger partial charge in [-0.15, -0.1) is 0 Å². The van der Waals surface area contributed by atoms with Gasteiger partial charge in [-0.25, -0.2) is 9.80 Å². The molecule has 1 amide bonds. The Labute approximate surface area is 199 Å². The van der Waals surface area contributed by atoms with Crippen LogP contribution in [0.4, 0.5) is 0 Å². The standard InChI is InChI=1S/C24H33N3O5S/c1-3-32-24(31)19(15-14-17-10-6-4-7-11-17)25-16(2)21(28)27-22(23(29)30)33-20(26-27)18-12-8-5-9-13-18/h4,6-7,10-11,16,18-19,22,25H,3,5,8-9,12-15H2,1-2H3,(H,29,30)/t16-,19?,22?/m0/s1. The highest BCUT2D eigenvalue weighted by atomic mass is 32.2. The van der Waals surface area contributed by atoms with Gasteiger partial charge >= 0.3 is 11.9 Å². The molecule has 1 saturated carbocycles. The topological polar surface area (TPSA) is 108 Å². The monoisotopic (exact) mass is 475 g/mol. The van der Waals surface area contributed by atoms with Crippen molar-refractivity contribution in [3.63, 3.8) is 0 Å². The van der Waals surface area contributed by atoms with Gasteiger partial charge in [-0.2, -0.15) is 5.10 Å². The lowest BCUT2D eigenvalue weighted by atomic mass is 9.90. The summed E-state index contributed by atoms with van der Waals surface area (Å²) in [6, 6.07) is 8.28. The fourth-order valence-corrected chi connectivity index (χ4v) is 5.38. The Morgan fingerprint density at radius 2 is 1.91 bits per heavy atom. The van der Waals surface area contributed by atoms with Crippen molar-refractivity contribution in [1.29, 1.82) is 0 Å². The van der Waals surface area contributed by atoms with Crippen molar-refractivity contribution >= 4 is 34.7 Å². The summed E-state index contributed by atoms with van der Waals surface area (Å²) in [4.78, 5) is 37.6. The van der Waals surface area contributed by atoms with Crippen molar-refractivity contribution in [3.8, 4) is 0 Å². The Morgan fingerprint density at radius 1 is 1.21 bits per heavy atom. The summed E-state index contributed by atoms with van der Waals surface area (Å²) in [5, 5.41) is 17.9. The number of thioether (sulfide) groups is 1. The van der Waals surface area contributed by atoms with Crippen molar-refractivity contribution in [2.75, 3.05) is 6.61 Å². The zero-order chi connectivity index (χ0) is 23.8. The van der Waals surface area contributed by atoms with Crippen LogP contribution in [0.3, 0.4) is 0 Å². The van der Waals surface area contributed by atoms with Gasteiger partial charge in [-0.3, -0.25) is 14.9 Å². The van der Waals surface area contributed by atoms with E-state index in [2.05, 4.69) is 10.4 Å². The number of esters is 1. The fourth-order valence-electron chi connectivity index (χ4n) is 4.23. The number of ether oxygens (including phenoxy) is 1. The number of carbonyl (C=O) groups excluding carboxylic acids is 2. The van der Waals surface area contributed by atoms with Gasteiger partial charge < -0.3 is 9.84 Å². The molecule has 0 spiro atoms. The van der Waals surface area contributed by atoms with E-state index in [0.717, 1.165) is 53.1 Å². The van der Waals surface area contributed by atoms with Crippen LogP contribution in [0.15, 0.2) is 35.4 Å². The Balaban J connectivity index is 1.69. The van der Waals surface area contributed by atoms with Crippen molar-refractivity contribution in [3.05, 3.63) is 35.9 Å². The molecule has 0 radical (unpaired) electrons. The van der Waals surface area contributed by atoms with Crippen LogP contribution in [0.25, 0.3) is 0 Å². The highest BCUT2D eigenvalue weighted by Crippen LogP contribution is 2.36. The van der Waals surface area contributed by atoms with E-state index in [1.165, 1.54) is 6.42 Å². The average Bonchev–Trinajstić information content (AvgIpc) is 3.28. The molecule has 180 valence electrons. The minimum Gasteiger partial charge on any atom is -0.479 e. The van der Waals surface area contributed by atoms with Gasteiger partial charge in [0.25, 0.3) is 5.91 Å². The molecular weight excluding hydrogens is 442 g/mol. The van der Waals surface area contributed by atoms with E-state index in [9.17, 15) is 19.5 Å². The molecule has 0 saturated heterocycles. The first-order valence-corrected chi connectivity index (χ1v) is 12.6. The maximum absolute atomic E-state index is 13.2. The number of rotatable bonds is 10. The summed E-state index contributed by atoms with van der Waals surface area (Å²) in [6.07, 6.45) is 6.40. The van der Waals surface area contributed by atoms with Crippen LogP contribution >= 0.6 is 11.8 Å². The number of amides is 1. The molecule has 2 unspecified atom stereocenters. The van der Waals surface area contributed by atoms with Gasteiger partial charge in [0.2, 0.25) is 5.37 Å². The minimum atomic E-state index is -1.10. The van der Waals surface area contributed by atoms with Gasteiger partial charge in [0.05, 0.1) is 17.7 Å². The summed E-state index contributed by atoms with van der Waals surface area (Å²) in [7, 11) is 0. The van der Waals surface area contributed by atoms with Gasteiger partial charge in [-0.1, -0.05) is 61.4 Å². The van der Waals surface area contributed by atoms with Crippen LogP contribution in [0, 0.1) is 5.92 Å². The third-order valence-corrected chi connectivity index (χ3v) is 7.29. The molecule has 3 atom stereocenters. The molecule has 1 aromatic carbocycles. The minimum absolute atomic E-state index is 0.213. The normalized spacial score (nSPS) is 20.7. The van der Waals surface area contributed by atoms with E-state index in [0.29, 0.717) is 12.8 Å². The molecule has 2 N–H and O–H groups in total. The first-order chi connectivity index (χ1) is 15.9. The second-order valence-electron chi connectivity index (χ2n) is 8.48. The highest BCUT2D eigenvalue weighted by Gasteiger charge is 2.41. The Bertz CT molecular complexity index is 857. The number of carboxylic acids is 1. The molecule has 3 rings (SSSR count). The van der Waals surface area contributed by atoms with E-state index in [4.69, 9.17) is 4.74 Å². The Morgan fingerprint density at radius 3 is 2.55 bits per heavy atom. The number of hydrazone groups is 1. The predicted molar refractivity (Wildman–Crippen MR) is 128 cm³/mol. The van der Waals surface area contributed by atoms with E-state index in [1.54, 1.807) is 13.8 Å². The molecule has 1 aliphatic heterocycles. The van der Waals surface area contributed by atoms with Crippen LogP contribution in [-0.4, -0.2) is 57.1 Å². The first-order valence-electron chi connectivity index (χ1n) is 11.7. The molecule has 2 aliphatic rings. The van der Waals surface area contributed by atoms with Crippen LogP contribution in [0.2, 0.25) is 0 Å². The zero-order valence-corrected chi connectivity index (χ0v) is 20.1. The van der Waals surface area contributed by atoms with Crippen LogP contribution in [0.5, 0.6) is 0 Å². The molecule has 8 nitrogen and oxygen atoms in total.